The molecule has 0 spiro atoms. The van der Waals surface area contributed by atoms with Gasteiger partial charge in [0.15, 0.2) is 0 Å². The molecule has 2 aromatic rings. The summed E-state index contributed by atoms with van der Waals surface area (Å²) in [5.41, 5.74) is 0.772. The molecule has 2 rings (SSSR count). The quantitative estimate of drug-likeness (QED) is 0.826. The van der Waals surface area contributed by atoms with Crippen LogP contribution in [-0.2, 0) is 6.11 Å². The Morgan fingerprint density at radius 2 is 1.37 bits per heavy atom. The van der Waals surface area contributed by atoms with Gasteiger partial charge >= 0.3 is 6.11 Å². The highest BCUT2D eigenvalue weighted by Gasteiger charge is 2.34. The molecule has 0 atom stereocenters. The van der Waals surface area contributed by atoms with E-state index in [0.717, 1.165) is 5.56 Å². The van der Waals surface area contributed by atoms with Crippen LogP contribution in [0.4, 0.5) is 8.78 Å². The Hall–Kier alpha value is -2.10. The molecule has 0 radical (unpaired) electrons. The van der Waals surface area contributed by atoms with Gasteiger partial charge in [-0.1, -0.05) is 17.7 Å². The number of methoxy groups -OCH3 is 1. The van der Waals surface area contributed by atoms with E-state index in [1.165, 1.54) is 43.5 Å². The van der Waals surface area contributed by atoms with Gasteiger partial charge in [-0.2, -0.15) is 8.78 Å². The fraction of sp³-hybridized carbons (Fsp3) is 0.200. The minimum absolute atomic E-state index is 0.131. The monoisotopic (exact) mass is 264 g/mol. The third kappa shape index (κ3) is 3.22. The van der Waals surface area contributed by atoms with E-state index in [1.54, 1.807) is 12.1 Å². The molecule has 0 aliphatic carbocycles. The molecule has 0 aliphatic rings. The summed E-state index contributed by atoms with van der Waals surface area (Å²) in [7, 11) is 1.48. The van der Waals surface area contributed by atoms with Crippen LogP contribution >= 0.6 is 0 Å². The minimum Gasteiger partial charge on any atom is -0.497 e. The van der Waals surface area contributed by atoms with Crippen LogP contribution in [-0.4, -0.2) is 7.11 Å². The summed E-state index contributed by atoms with van der Waals surface area (Å²) in [6.07, 6.45) is -3.37. The maximum absolute atomic E-state index is 13.9. The van der Waals surface area contributed by atoms with Gasteiger partial charge in [0.1, 0.15) is 11.5 Å². The lowest BCUT2D eigenvalue weighted by Crippen LogP contribution is -2.21. The van der Waals surface area contributed by atoms with Crippen LogP contribution in [0.5, 0.6) is 11.5 Å². The van der Waals surface area contributed by atoms with Gasteiger partial charge in [0.25, 0.3) is 0 Å². The molecule has 0 amide bonds. The third-order valence-electron chi connectivity index (χ3n) is 2.69. The second-order valence-electron chi connectivity index (χ2n) is 4.16. The van der Waals surface area contributed by atoms with Crippen molar-refractivity contribution in [2.75, 3.05) is 7.11 Å². The first-order valence-electron chi connectivity index (χ1n) is 5.79. The van der Waals surface area contributed by atoms with E-state index in [0.29, 0.717) is 5.75 Å². The first-order valence-corrected chi connectivity index (χ1v) is 5.79. The molecule has 0 heterocycles. The first-order chi connectivity index (χ1) is 9.01. The van der Waals surface area contributed by atoms with Crippen LogP contribution in [0.1, 0.15) is 11.1 Å². The molecule has 0 saturated carbocycles. The minimum atomic E-state index is -3.37. The zero-order chi connectivity index (χ0) is 13.9. The van der Waals surface area contributed by atoms with Crippen molar-refractivity contribution in [2.24, 2.45) is 0 Å². The standard InChI is InChI=1S/C15H14F2O2/c1-11-3-7-14(8-4-11)19-15(16,17)12-5-9-13(18-2)10-6-12/h3-10H,1-2H3. The number of hydrogen-bond acceptors (Lipinski definition) is 2. The highest BCUT2D eigenvalue weighted by Crippen LogP contribution is 2.32. The van der Waals surface area contributed by atoms with E-state index in [9.17, 15) is 8.78 Å². The van der Waals surface area contributed by atoms with E-state index in [1.807, 2.05) is 6.92 Å². The Labute approximate surface area is 110 Å². The second-order valence-corrected chi connectivity index (χ2v) is 4.16. The van der Waals surface area contributed by atoms with Crippen molar-refractivity contribution in [3.05, 3.63) is 59.7 Å². The van der Waals surface area contributed by atoms with Crippen molar-refractivity contribution in [1.82, 2.24) is 0 Å². The maximum Gasteiger partial charge on any atom is 0.426 e. The van der Waals surface area contributed by atoms with Crippen LogP contribution in [0.25, 0.3) is 0 Å². The highest BCUT2D eigenvalue weighted by atomic mass is 19.3. The van der Waals surface area contributed by atoms with Crippen LogP contribution in [0.2, 0.25) is 0 Å². The molecule has 0 fully saturated rings. The maximum atomic E-state index is 13.9. The summed E-state index contributed by atoms with van der Waals surface area (Å²) in [5.74, 6) is 0.654. The SMILES string of the molecule is COc1ccc(C(F)(F)Oc2ccc(C)cc2)cc1. The first kappa shape index (κ1) is 13.3. The highest BCUT2D eigenvalue weighted by molar-refractivity contribution is 5.31. The predicted molar refractivity (Wildman–Crippen MR) is 68.7 cm³/mol. The van der Waals surface area contributed by atoms with Gasteiger partial charge in [0.2, 0.25) is 0 Å². The lowest BCUT2D eigenvalue weighted by Gasteiger charge is -2.18. The fourth-order valence-electron chi connectivity index (χ4n) is 1.60. The lowest BCUT2D eigenvalue weighted by molar-refractivity contribution is -0.185. The van der Waals surface area contributed by atoms with Crippen molar-refractivity contribution in [1.29, 1.82) is 0 Å². The zero-order valence-corrected chi connectivity index (χ0v) is 10.7. The molecule has 0 unspecified atom stereocenters. The van der Waals surface area contributed by atoms with E-state index in [2.05, 4.69) is 0 Å². The van der Waals surface area contributed by atoms with Gasteiger partial charge < -0.3 is 9.47 Å². The van der Waals surface area contributed by atoms with Crippen molar-refractivity contribution in [3.8, 4) is 11.5 Å². The molecule has 19 heavy (non-hydrogen) atoms. The molecule has 2 aromatic carbocycles. The van der Waals surface area contributed by atoms with Gasteiger partial charge in [0.05, 0.1) is 12.7 Å². The summed E-state index contributed by atoms with van der Waals surface area (Å²) < 4.78 is 37.5. The Morgan fingerprint density at radius 3 is 1.89 bits per heavy atom. The summed E-state index contributed by atoms with van der Waals surface area (Å²) in [6, 6.07) is 12.0. The molecule has 2 nitrogen and oxygen atoms in total. The topological polar surface area (TPSA) is 18.5 Å². The number of hydrogen-bond donors (Lipinski definition) is 0. The van der Waals surface area contributed by atoms with Gasteiger partial charge in [-0.3, -0.25) is 0 Å². The molecule has 4 heteroatoms. The van der Waals surface area contributed by atoms with Crippen LogP contribution in [0.3, 0.4) is 0 Å². The van der Waals surface area contributed by atoms with Gasteiger partial charge in [0, 0.05) is 0 Å². The summed E-state index contributed by atoms with van der Waals surface area (Å²) in [6.45, 7) is 1.88. The van der Waals surface area contributed by atoms with Gasteiger partial charge in [-0.05, 0) is 43.3 Å². The number of aryl methyl sites for hydroxylation is 1. The Kier molecular flexibility index (Phi) is 3.69. The average molecular weight is 264 g/mol. The largest absolute Gasteiger partial charge is 0.497 e. The zero-order valence-electron chi connectivity index (χ0n) is 10.7. The molecular weight excluding hydrogens is 250 g/mol. The van der Waals surface area contributed by atoms with Crippen LogP contribution in [0.15, 0.2) is 48.5 Å². The smallest absolute Gasteiger partial charge is 0.426 e. The molecule has 0 aromatic heterocycles. The van der Waals surface area contributed by atoms with E-state index in [-0.39, 0.29) is 11.3 Å². The Balaban J connectivity index is 2.18. The van der Waals surface area contributed by atoms with Crippen molar-refractivity contribution in [3.63, 3.8) is 0 Å². The van der Waals surface area contributed by atoms with Crippen molar-refractivity contribution < 1.29 is 18.3 Å². The van der Waals surface area contributed by atoms with Crippen LogP contribution in [0, 0.1) is 6.92 Å². The Bertz CT molecular complexity index is 533. The lowest BCUT2D eigenvalue weighted by atomic mass is 10.2. The molecule has 0 aliphatic heterocycles. The van der Waals surface area contributed by atoms with E-state index in [4.69, 9.17) is 9.47 Å². The number of benzene rings is 2. The predicted octanol–water partition coefficient (Wildman–Crippen LogP) is 4.13. The number of halogens is 2. The Morgan fingerprint density at radius 1 is 0.842 bits per heavy atom. The molecular formula is C15H14F2O2. The summed E-state index contributed by atoms with van der Waals surface area (Å²) in [4.78, 5) is 0. The van der Waals surface area contributed by atoms with E-state index >= 15 is 0 Å². The molecule has 0 N–H and O–H groups in total. The number of alkyl halides is 2. The van der Waals surface area contributed by atoms with Gasteiger partial charge in [-0.15, -0.1) is 0 Å². The van der Waals surface area contributed by atoms with Crippen molar-refractivity contribution in [2.45, 2.75) is 13.0 Å². The summed E-state index contributed by atoms with van der Waals surface area (Å²) >= 11 is 0. The normalized spacial score (nSPS) is 11.2. The number of rotatable bonds is 4. The molecule has 0 bridgehead atoms. The molecule has 0 saturated heterocycles. The fourth-order valence-corrected chi connectivity index (χ4v) is 1.60. The average Bonchev–Trinajstić information content (AvgIpc) is 2.41. The van der Waals surface area contributed by atoms with Gasteiger partial charge in [-0.25, -0.2) is 0 Å². The summed E-state index contributed by atoms with van der Waals surface area (Å²) in [5, 5.41) is 0. The van der Waals surface area contributed by atoms with E-state index < -0.39 is 6.11 Å². The molecule has 100 valence electrons. The van der Waals surface area contributed by atoms with Crippen LogP contribution < -0.4 is 9.47 Å². The number of ether oxygens (including phenoxy) is 2. The van der Waals surface area contributed by atoms with Crippen molar-refractivity contribution >= 4 is 0 Å². The second kappa shape index (κ2) is 5.26. The third-order valence-corrected chi connectivity index (χ3v) is 2.69.